The Labute approximate surface area is 88.0 Å². The number of carbonyl (C=O) groups is 1. The van der Waals surface area contributed by atoms with Crippen molar-refractivity contribution in [3.63, 3.8) is 0 Å². The van der Waals surface area contributed by atoms with Gasteiger partial charge in [-0.1, -0.05) is 11.6 Å². The maximum atomic E-state index is 10.5. The number of aldehydes is 1. The molecule has 0 fully saturated rings. The molecule has 1 aromatic heterocycles. The predicted molar refractivity (Wildman–Crippen MR) is 56.4 cm³/mol. The van der Waals surface area contributed by atoms with Crippen LogP contribution < -0.4 is 0 Å². The summed E-state index contributed by atoms with van der Waals surface area (Å²) in [6.07, 6.45) is 0.780. The molecular formula is C9H5BrClNO. The third kappa shape index (κ3) is 1.49. The SMILES string of the molecule is O=Cc1cc2cc(Br)c(Cl)cc2[nH]1. The summed E-state index contributed by atoms with van der Waals surface area (Å²) in [7, 11) is 0. The van der Waals surface area contributed by atoms with Gasteiger partial charge in [-0.2, -0.15) is 0 Å². The zero-order valence-electron chi connectivity index (χ0n) is 6.47. The van der Waals surface area contributed by atoms with E-state index in [4.69, 9.17) is 11.6 Å². The van der Waals surface area contributed by atoms with Crippen LogP contribution in [0.5, 0.6) is 0 Å². The summed E-state index contributed by atoms with van der Waals surface area (Å²) >= 11 is 9.20. The van der Waals surface area contributed by atoms with E-state index < -0.39 is 0 Å². The van der Waals surface area contributed by atoms with Crippen LogP contribution in [0.2, 0.25) is 5.02 Å². The first-order chi connectivity index (χ1) is 6.20. The molecule has 0 atom stereocenters. The number of benzene rings is 1. The van der Waals surface area contributed by atoms with Crippen molar-refractivity contribution in [3.05, 3.63) is 33.4 Å². The Morgan fingerprint density at radius 1 is 1.38 bits per heavy atom. The predicted octanol–water partition coefficient (Wildman–Crippen LogP) is 3.40. The fourth-order valence-corrected chi connectivity index (χ4v) is 1.74. The number of hydrogen-bond acceptors (Lipinski definition) is 1. The van der Waals surface area contributed by atoms with Crippen LogP contribution >= 0.6 is 27.5 Å². The van der Waals surface area contributed by atoms with Crippen LogP contribution in [-0.4, -0.2) is 11.3 Å². The highest BCUT2D eigenvalue weighted by Crippen LogP contribution is 2.28. The largest absolute Gasteiger partial charge is 0.352 e. The summed E-state index contributed by atoms with van der Waals surface area (Å²) in [5, 5.41) is 1.60. The molecule has 2 nitrogen and oxygen atoms in total. The van der Waals surface area contributed by atoms with Gasteiger partial charge in [-0.3, -0.25) is 4.79 Å². The van der Waals surface area contributed by atoms with Gasteiger partial charge in [-0.05, 0) is 34.1 Å². The lowest BCUT2D eigenvalue weighted by Gasteiger charge is -1.94. The number of carbonyl (C=O) groups excluding carboxylic acids is 1. The normalized spacial score (nSPS) is 10.6. The monoisotopic (exact) mass is 257 g/mol. The van der Waals surface area contributed by atoms with Crippen molar-refractivity contribution < 1.29 is 4.79 Å². The second-order valence-electron chi connectivity index (χ2n) is 2.70. The third-order valence-electron chi connectivity index (χ3n) is 1.81. The Hall–Kier alpha value is -0.800. The number of fused-ring (bicyclic) bond motifs is 1. The number of aromatic amines is 1. The van der Waals surface area contributed by atoms with E-state index >= 15 is 0 Å². The van der Waals surface area contributed by atoms with Gasteiger partial charge in [0.15, 0.2) is 6.29 Å². The van der Waals surface area contributed by atoms with Gasteiger partial charge in [0.05, 0.1) is 10.7 Å². The molecule has 0 aliphatic rings. The molecule has 2 rings (SSSR count). The number of nitrogens with one attached hydrogen (secondary N) is 1. The Balaban J connectivity index is 2.77. The van der Waals surface area contributed by atoms with Crippen LogP contribution in [-0.2, 0) is 0 Å². The van der Waals surface area contributed by atoms with Crippen molar-refractivity contribution in [1.82, 2.24) is 4.98 Å². The molecule has 0 unspecified atom stereocenters. The number of aromatic nitrogens is 1. The number of halogens is 2. The van der Waals surface area contributed by atoms with Gasteiger partial charge >= 0.3 is 0 Å². The smallest absolute Gasteiger partial charge is 0.166 e. The number of rotatable bonds is 1. The summed E-state index contributed by atoms with van der Waals surface area (Å²) in [4.78, 5) is 13.4. The van der Waals surface area contributed by atoms with Crippen LogP contribution in [0.25, 0.3) is 10.9 Å². The Bertz CT molecular complexity index is 439. The van der Waals surface area contributed by atoms with E-state index in [1.807, 2.05) is 6.07 Å². The fraction of sp³-hybridized carbons (Fsp3) is 0. The molecule has 0 bridgehead atoms. The molecule has 2 aromatic rings. The van der Waals surface area contributed by atoms with Crippen molar-refractivity contribution in [2.75, 3.05) is 0 Å². The molecule has 0 saturated heterocycles. The lowest BCUT2D eigenvalue weighted by atomic mass is 10.2. The van der Waals surface area contributed by atoms with Crippen molar-refractivity contribution >= 4 is 44.7 Å². The molecule has 0 radical (unpaired) electrons. The molecule has 13 heavy (non-hydrogen) atoms. The number of H-pyrrole nitrogens is 1. The highest BCUT2D eigenvalue weighted by Gasteiger charge is 2.03. The van der Waals surface area contributed by atoms with E-state index in [2.05, 4.69) is 20.9 Å². The van der Waals surface area contributed by atoms with Crippen LogP contribution in [0.15, 0.2) is 22.7 Å². The number of hydrogen-bond donors (Lipinski definition) is 1. The Morgan fingerprint density at radius 3 is 2.85 bits per heavy atom. The average molecular weight is 259 g/mol. The van der Waals surface area contributed by atoms with Gasteiger partial charge in [0.25, 0.3) is 0 Å². The molecule has 0 aliphatic carbocycles. The van der Waals surface area contributed by atoms with Crippen LogP contribution in [0.1, 0.15) is 10.5 Å². The summed E-state index contributed by atoms with van der Waals surface area (Å²) in [6, 6.07) is 5.44. The molecule has 1 aromatic carbocycles. The van der Waals surface area contributed by atoms with E-state index in [9.17, 15) is 4.79 Å². The molecule has 1 heterocycles. The minimum atomic E-state index is 0.559. The van der Waals surface area contributed by atoms with Crippen molar-refractivity contribution in [3.8, 4) is 0 Å². The molecule has 66 valence electrons. The van der Waals surface area contributed by atoms with Crippen molar-refractivity contribution in [2.45, 2.75) is 0 Å². The zero-order chi connectivity index (χ0) is 9.42. The quantitative estimate of drug-likeness (QED) is 0.781. The fourth-order valence-electron chi connectivity index (χ4n) is 1.21. The lowest BCUT2D eigenvalue weighted by molar-refractivity contribution is 0.112. The Kier molecular flexibility index (Phi) is 2.14. The van der Waals surface area contributed by atoms with Crippen molar-refractivity contribution in [1.29, 1.82) is 0 Å². The first-order valence-corrected chi connectivity index (χ1v) is 4.81. The van der Waals surface area contributed by atoms with E-state index in [1.165, 1.54) is 0 Å². The van der Waals surface area contributed by atoms with Crippen LogP contribution in [0.4, 0.5) is 0 Å². The summed E-state index contributed by atoms with van der Waals surface area (Å²) in [5.41, 5.74) is 1.43. The van der Waals surface area contributed by atoms with Gasteiger partial charge in [-0.15, -0.1) is 0 Å². The van der Waals surface area contributed by atoms with E-state index in [1.54, 1.807) is 12.1 Å². The minimum Gasteiger partial charge on any atom is -0.352 e. The minimum absolute atomic E-state index is 0.559. The second kappa shape index (κ2) is 3.16. The van der Waals surface area contributed by atoms with E-state index in [-0.39, 0.29) is 0 Å². The zero-order valence-corrected chi connectivity index (χ0v) is 8.82. The first-order valence-electron chi connectivity index (χ1n) is 3.63. The molecule has 0 spiro atoms. The van der Waals surface area contributed by atoms with Crippen LogP contribution in [0, 0.1) is 0 Å². The topological polar surface area (TPSA) is 32.9 Å². The molecular weight excluding hydrogens is 253 g/mol. The first kappa shape index (κ1) is 8.78. The summed E-state index contributed by atoms with van der Waals surface area (Å²) < 4.78 is 0.832. The van der Waals surface area contributed by atoms with Gasteiger partial charge < -0.3 is 4.98 Å². The second-order valence-corrected chi connectivity index (χ2v) is 3.96. The standard InChI is InChI=1S/C9H5BrClNO/c10-7-2-5-1-6(4-13)12-9(5)3-8(7)11/h1-4,12H. The van der Waals surface area contributed by atoms with Gasteiger partial charge in [0.1, 0.15) is 0 Å². The van der Waals surface area contributed by atoms with E-state index in [0.717, 1.165) is 21.7 Å². The van der Waals surface area contributed by atoms with Crippen LogP contribution in [0.3, 0.4) is 0 Å². The third-order valence-corrected chi connectivity index (χ3v) is 3.01. The van der Waals surface area contributed by atoms with Gasteiger partial charge in [0, 0.05) is 15.4 Å². The van der Waals surface area contributed by atoms with Gasteiger partial charge in [-0.25, -0.2) is 0 Å². The molecule has 0 aliphatic heterocycles. The maximum absolute atomic E-state index is 10.5. The average Bonchev–Trinajstić information content (AvgIpc) is 2.48. The maximum Gasteiger partial charge on any atom is 0.166 e. The molecule has 1 N–H and O–H groups in total. The van der Waals surface area contributed by atoms with E-state index in [0.29, 0.717) is 10.7 Å². The molecule has 4 heteroatoms. The summed E-state index contributed by atoms with van der Waals surface area (Å²) in [6.45, 7) is 0. The molecule has 0 saturated carbocycles. The molecule has 0 amide bonds. The van der Waals surface area contributed by atoms with Gasteiger partial charge in [0.2, 0.25) is 0 Å². The highest BCUT2D eigenvalue weighted by atomic mass is 79.9. The lowest BCUT2D eigenvalue weighted by Crippen LogP contribution is -1.74. The van der Waals surface area contributed by atoms with Crippen molar-refractivity contribution in [2.24, 2.45) is 0 Å². The highest BCUT2D eigenvalue weighted by molar-refractivity contribution is 9.10. The Morgan fingerprint density at radius 2 is 2.15 bits per heavy atom. The summed E-state index contributed by atoms with van der Waals surface area (Å²) in [5.74, 6) is 0.